The minimum atomic E-state index is -0.708. The van der Waals surface area contributed by atoms with Gasteiger partial charge in [-0.05, 0) is 19.1 Å². The average molecular weight is 314 g/mol. The summed E-state index contributed by atoms with van der Waals surface area (Å²) >= 11 is 0. The van der Waals surface area contributed by atoms with Crippen molar-refractivity contribution >= 4 is 17.8 Å². The van der Waals surface area contributed by atoms with Crippen LogP contribution in [0.25, 0.3) is 0 Å². The molecule has 0 atom stereocenters. The molecule has 0 bridgehead atoms. The lowest BCUT2D eigenvalue weighted by atomic mass is 10.1. The number of esters is 1. The van der Waals surface area contributed by atoms with Crippen molar-refractivity contribution in [2.45, 2.75) is 6.92 Å². The predicted molar refractivity (Wildman–Crippen MR) is 80.4 cm³/mol. The minimum absolute atomic E-state index is 0.00896. The van der Waals surface area contributed by atoms with E-state index in [-0.39, 0.29) is 28.3 Å². The van der Waals surface area contributed by atoms with Crippen LogP contribution in [0.2, 0.25) is 0 Å². The molecule has 0 saturated heterocycles. The second kappa shape index (κ2) is 6.66. The monoisotopic (exact) mass is 314 g/mol. The summed E-state index contributed by atoms with van der Waals surface area (Å²) in [4.78, 5) is 24.1. The number of ether oxygens (including phenoxy) is 2. The van der Waals surface area contributed by atoms with E-state index in [4.69, 9.17) is 9.15 Å². The molecule has 0 spiro atoms. The third-order valence-electron chi connectivity index (χ3n) is 3.16. The minimum Gasteiger partial charge on any atom is -0.496 e. The van der Waals surface area contributed by atoms with Gasteiger partial charge in [-0.15, -0.1) is 0 Å². The molecular weight excluding hydrogens is 300 g/mol. The molecule has 1 N–H and O–H groups in total. The van der Waals surface area contributed by atoms with Crippen LogP contribution in [0.5, 0.6) is 5.75 Å². The van der Waals surface area contributed by atoms with Crippen molar-refractivity contribution in [3.05, 3.63) is 46.7 Å². The van der Waals surface area contributed by atoms with Crippen molar-refractivity contribution in [3.63, 3.8) is 0 Å². The number of amides is 1. The zero-order valence-electron chi connectivity index (χ0n) is 12.8. The maximum atomic E-state index is 12.3. The van der Waals surface area contributed by atoms with Crippen molar-refractivity contribution in [1.29, 1.82) is 5.26 Å². The van der Waals surface area contributed by atoms with Gasteiger partial charge in [0.15, 0.2) is 0 Å². The first kappa shape index (κ1) is 16.1. The molecule has 1 aromatic carbocycles. The van der Waals surface area contributed by atoms with Crippen LogP contribution in [-0.2, 0) is 4.74 Å². The molecule has 0 fully saturated rings. The molecule has 0 radical (unpaired) electrons. The maximum Gasteiger partial charge on any atom is 0.342 e. The van der Waals surface area contributed by atoms with Gasteiger partial charge in [0, 0.05) is 0 Å². The first-order valence-electron chi connectivity index (χ1n) is 6.59. The number of rotatable bonds is 4. The fourth-order valence-electron chi connectivity index (χ4n) is 2.09. The summed E-state index contributed by atoms with van der Waals surface area (Å²) in [5, 5.41) is 11.7. The van der Waals surface area contributed by atoms with Gasteiger partial charge in [0.2, 0.25) is 5.88 Å². The highest BCUT2D eigenvalue weighted by atomic mass is 16.5. The third kappa shape index (κ3) is 3.01. The van der Waals surface area contributed by atoms with Crippen LogP contribution >= 0.6 is 0 Å². The summed E-state index contributed by atoms with van der Waals surface area (Å²) in [6.07, 6.45) is 0. The number of carbonyl (C=O) groups excluding carboxylic acids is 2. The van der Waals surface area contributed by atoms with Gasteiger partial charge in [0.05, 0.1) is 19.8 Å². The van der Waals surface area contributed by atoms with Gasteiger partial charge < -0.3 is 13.9 Å². The van der Waals surface area contributed by atoms with E-state index in [1.807, 2.05) is 6.07 Å². The zero-order chi connectivity index (χ0) is 17.0. The molecule has 7 nitrogen and oxygen atoms in total. The van der Waals surface area contributed by atoms with Gasteiger partial charge >= 0.3 is 5.97 Å². The van der Waals surface area contributed by atoms with Gasteiger partial charge in [-0.2, -0.15) is 5.26 Å². The Kier molecular flexibility index (Phi) is 4.66. The summed E-state index contributed by atoms with van der Waals surface area (Å²) in [7, 11) is 2.64. The molecule has 1 amide bonds. The second-order valence-corrected chi connectivity index (χ2v) is 4.50. The molecule has 23 heavy (non-hydrogen) atoms. The van der Waals surface area contributed by atoms with Crippen LogP contribution in [-0.4, -0.2) is 26.1 Å². The number of nitrogens with one attached hydrogen (secondary N) is 1. The third-order valence-corrected chi connectivity index (χ3v) is 3.16. The van der Waals surface area contributed by atoms with E-state index >= 15 is 0 Å². The van der Waals surface area contributed by atoms with Crippen LogP contribution in [0.4, 0.5) is 5.88 Å². The Hall–Kier alpha value is -3.27. The van der Waals surface area contributed by atoms with Crippen molar-refractivity contribution < 1.29 is 23.5 Å². The van der Waals surface area contributed by atoms with E-state index in [1.54, 1.807) is 24.3 Å². The number of furan rings is 1. The van der Waals surface area contributed by atoms with E-state index in [0.29, 0.717) is 5.75 Å². The largest absolute Gasteiger partial charge is 0.496 e. The summed E-state index contributed by atoms with van der Waals surface area (Å²) in [6, 6.07) is 8.45. The Labute approximate surface area is 132 Å². The Balaban J connectivity index is 2.39. The number of carbonyl (C=O) groups is 2. The highest BCUT2D eigenvalue weighted by Crippen LogP contribution is 2.28. The Morgan fingerprint density at radius 1 is 1.26 bits per heavy atom. The molecule has 7 heteroatoms. The number of benzene rings is 1. The summed E-state index contributed by atoms with van der Waals surface area (Å²) in [6.45, 7) is 1.51. The molecule has 0 saturated carbocycles. The summed E-state index contributed by atoms with van der Waals surface area (Å²) < 4.78 is 15.1. The fraction of sp³-hybridized carbons (Fsp3) is 0.188. The molecule has 118 valence electrons. The van der Waals surface area contributed by atoms with Crippen molar-refractivity contribution in [1.82, 2.24) is 0 Å². The SMILES string of the molecule is COC(=O)c1c(C)oc(NC(=O)c2ccccc2OC)c1C#N. The van der Waals surface area contributed by atoms with Crippen LogP contribution in [0.1, 0.15) is 32.0 Å². The lowest BCUT2D eigenvalue weighted by molar-refractivity contribution is 0.0598. The fourth-order valence-corrected chi connectivity index (χ4v) is 2.09. The highest BCUT2D eigenvalue weighted by molar-refractivity contribution is 6.07. The molecular formula is C16H14N2O5. The lowest BCUT2D eigenvalue weighted by Gasteiger charge is -2.07. The van der Waals surface area contributed by atoms with Gasteiger partial charge in [-0.25, -0.2) is 4.79 Å². The van der Waals surface area contributed by atoms with Gasteiger partial charge in [0.25, 0.3) is 5.91 Å². The summed E-state index contributed by atoms with van der Waals surface area (Å²) in [5.41, 5.74) is 0.176. The van der Waals surface area contributed by atoms with Crippen molar-refractivity contribution in [3.8, 4) is 11.8 Å². The number of para-hydroxylation sites is 1. The van der Waals surface area contributed by atoms with Crippen LogP contribution in [0, 0.1) is 18.3 Å². The molecule has 0 aliphatic carbocycles. The van der Waals surface area contributed by atoms with E-state index in [1.165, 1.54) is 21.1 Å². The Morgan fingerprint density at radius 3 is 2.57 bits per heavy atom. The van der Waals surface area contributed by atoms with E-state index < -0.39 is 11.9 Å². The topological polar surface area (TPSA) is 102 Å². The van der Waals surface area contributed by atoms with Crippen molar-refractivity contribution in [2.24, 2.45) is 0 Å². The Bertz CT molecular complexity index is 801. The molecule has 0 aliphatic heterocycles. The van der Waals surface area contributed by atoms with Crippen LogP contribution < -0.4 is 10.1 Å². The Morgan fingerprint density at radius 2 is 1.96 bits per heavy atom. The van der Waals surface area contributed by atoms with Crippen molar-refractivity contribution in [2.75, 3.05) is 19.5 Å². The number of anilines is 1. The zero-order valence-corrected chi connectivity index (χ0v) is 12.8. The van der Waals surface area contributed by atoms with Crippen LogP contribution in [0.15, 0.2) is 28.7 Å². The smallest absolute Gasteiger partial charge is 0.342 e. The molecule has 0 aliphatic rings. The van der Waals surface area contributed by atoms with Crippen LogP contribution in [0.3, 0.4) is 0 Å². The van der Waals surface area contributed by atoms with E-state index in [2.05, 4.69) is 10.1 Å². The lowest BCUT2D eigenvalue weighted by Crippen LogP contribution is -2.13. The number of nitriles is 1. The quantitative estimate of drug-likeness (QED) is 0.870. The second-order valence-electron chi connectivity index (χ2n) is 4.50. The number of hydrogen-bond donors (Lipinski definition) is 1. The van der Waals surface area contributed by atoms with Gasteiger partial charge in [-0.1, -0.05) is 12.1 Å². The number of nitrogens with zero attached hydrogens (tertiary/aromatic N) is 1. The molecule has 0 unspecified atom stereocenters. The highest BCUT2D eigenvalue weighted by Gasteiger charge is 2.26. The normalized spacial score (nSPS) is 9.83. The van der Waals surface area contributed by atoms with Gasteiger partial charge in [-0.3, -0.25) is 10.1 Å². The average Bonchev–Trinajstić information content (AvgIpc) is 2.88. The summed E-state index contributed by atoms with van der Waals surface area (Å²) in [5.74, 6) is -0.783. The number of hydrogen-bond acceptors (Lipinski definition) is 6. The van der Waals surface area contributed by atoms with E-state index in [0.717, 1.165) is 0 Å². The first-order chi connectivity index (χ1) is 11.0. The predicted octanol–water partition coefficient (Wildman–Crippen LogP) is 2.51. The van der Waals surface area contributed by atoms with Gasteiger partial charge in [0.1, 0.15) is 28.7 Å². The maximum absolute atomic E-state index is 12.3. The number of methoxy groups -OCH3 is 2. The molecule has 1 heterocycles. The number of aryl methyl sites for hydroxylation is 1. The molecule has 2 rings (SSSR count). The first-order valence-corrected chi connectivity index (χ1v) is 6.59. The molecule has 2 aromatic rings. The standard InChI is InChI=1S/C16H14N2O5/c1-9-13(16(20)22-3)11(8-17)15(23-9)18-14(19)10-6-4-5-7-12(10)21-2/h4-7H,1-3H3,(H,18,19). The molecule has 1 aromatic heterocycles. The van der Waals surface area contributed by atoms with E-state index in [9.17, 15) is 14.9 Å².